The third-order valence-electron chi connectivity index (χ3n) is 4.32. The second-order valence-electron chi connectivity index (χ2n) is 7.44. The average Bonchev–Trinajstić information content (AvgIpc) is 2.67. The van der Waals surface area contributed by atoms with Crippen LogP contribution < -0.4 is 10.1 Å². The van der Waals surface area contributed by atoms with Crippen molar-refractivity contribution in [2.45, 2.75) is 39.3 Å². The Hall–Kier alpha value is -2.89. The van der Waals surface area contributed by atoms with Crippen molar-refractivity contribution >= 4 is 11.8 Å². The van der Waals surface area contributed by atoms with Gasteiger partial charge in [-0.25, -0.2) is 4.98 Å². The first-order chi connectivity index (χ1) is 13.3. The second-order valence-corrected chi connectivity index (χ2v) is 7.44. The van der Waals surface area contributed by atoms with E-state index in [1.54, 1.807) is 26.2 Å². The zero-order valence-corrected chi connectivity index (χ0v) is 17.2. The van der Waals surface area contributed by atoms with Crippen molar-refractivity contribution in [3.8, 4) is 5.88 Å². The van der Waals surface area contributed by atoms with Crippen LogP contribution >= 0.6 is 0 Å². The van der Waals surface area contributed by atoms with Crippen molar-refractivity contribution in [1.29, 1.82) is 0 Å². The number of rotatable bonds is 8. The lowest BCUT2D eigenvalue weighted by Crippen LogP contribution is -2.46. The molecule has 150 valence electrons. The van der Waals surface area contributed by atoms with Gasteiger partial charge in [0, 0.05) is 26.4 Å². The molecule has 0 saturated carbocycles. The zero-order valence-electron chi connectivity index (χ0n) is 17.2. The van der Waals surface area contributed by atoms with Crippen molar-refractivity contribution in [2.75, 3.05) is 14.1 Å². The van der Waals surface area contributed by atoms with Crippen LogP contribution in [-0.4, -0.2) is 41.8 Å². The molecular formula is C22H29N3O3. The normalized spacial score (nSPS) is 12.9. The zero-order chi connectivity index (χ0) is 20.7. The standard InChI is InChI=1S/C22H29N3O3/c1-15(2)13-19(22(27)25(4)5)24-21(26)18-11-12-20(23-14-18)28-16(3)17-9-7-6-8-10-17/h6-12,14-16,19H,13H2,1-5H3,(H,24,26)/t16-,19+/m0/s1. The minimum Gasteiger partial charge on any atom is -0.470 e. The molecule has 0 radical (unpaired) electrons. The maximum Gasteiger partial charge on any atom is 0.253 e. The molecule has 1 aromatic heterocycles. The molecule has 0 aliphatic heterocycles. The summed E-state index contributed by atoms with van der Waals surface area (Å²) in [5, 5.41) is 2.82. The Morgan fingerprint density at radius 1 is 1.07 bits per heavy atom. The van der Waals surface area contributed by atoms with Crippen LogP contribution in [0, 0.1) is 5.92 Å². The van der Waals surface area contributed by atoms with Crippen LogP contribution in [0.3, 0.4) is 0 Å². The summed E-state index contributed by atoms with van der Waals surface area (Å²) >= 11 is 0. The van der Waals surface area contributed by atoms with Crippen molar-refractivity contribution in [2.24, 2.45) is 5.92 Å². The molecule has 2 aromatic rings. The van der Waals surface area contributed by atoms with Crippen LogP contribution in [0.15, 0.2) is 48.7 Å². The monoisotopic (exact) mass is 383 g/mol. The predicted octanol–water partition coefficient (Wildman–Crippen LogP) is 3.45. The number of likely N-dealkylation sites (N-methyl/N-ethyl adjacent to an activating group) is 1. The van der Waals surface area contributed by atoms with Gasteiger partial charge < -0.3 is 15.0 Å². The summed E-state index contributed by atoms with van der Waals surface area (Å²) in [4.78, 5) is 30.6. The SMILES string of the molecule is CC(C)C[C@@H](NC(=O)c1ccc(O[C@@H](C)c2ccccc2)nc1)C(=O)N(C)C. The Morgan fingerprint density at radius 2 is 1.75 bits per heavy atom. The second kappa shape index (κ2) is 9.88. The van der Waals surface area contributed by atoms with Gasteiger partial charge in [0.25, 0.3) is 5.91 Å². The molecule has 1 heterocycles. The first-order valence-electron chi connectivity index (χ1n) is 9.47. The lowest BCUT2D eigenvalue weighted by atomic mass is 10.0. The molecule has 6 heteroatoms. The van der Waals surface area contributed by atoms with Gasteiger partial charge in [0.2, 0.25) is 11.8 Å². The number of ether oxygens (including phenoxy) is 1. The van der Waals surface area contributed by atoms with Crippen molar-refractivity contribution in [3.05, 3.63) is 59.8 Å². The van der Waals surface area contributed by atoms with E-state index in [1.807, 2.05) is 51.1 Å². The van der Waals surface area contributed by atoms with Crippen LogP contribution in [0.25, 0.3) is 0 Å². The van der Waals surface area contributed by atoms with E-state index in [9.17, 15) is 9.59 Å². The Labute approximate surface area is 166 Å². The molecule has 2 atom stereocenters. The summed E-state index contributed by atoms with van der Waals surface area (Å²) in [6.45, 7) is 5.98. The number of nitrogens with one attached hydrogen (secondary N) is 1. The van der Waals surface area contributed by atoms with Gasteiger partial charge in [-0.2, -0.15) is 0 Å². The first kappa shape index (κ1) is 21.4. The maximum atomic E-state index is 12.6. The largest absolute Gasteiger partial charge is 0.470 e. The smallest absolute Gasteiger partial charge is 0.253 e. The van der Waals surface area contributed by atoms with Gasteiger partial charge in [-0.1, -0.05) is 44.2 Å². The Kier molecular flexibility index (Phi) is 7.55. The molecule has 0 aliphatic rings. The van der Waals surface area contributed by atoms with Crippen molar-refractivity contribution in [3.63, 3.8) is 0 Å². The summed E-state index contributed by atoms with van der Waals surface area (Å²) < 4.78 is 5.83. The molecule has 28 heavy (non-hydrogen) atoms. The number of pyridine rings is 1. The number of carbonyl (C=O) groups is 2. The van der Waals surface area contributed by atoms with Crippen LogP contribution in [-0.2, 0) is 4.79 Å². The summed E-state index contributed by atoms with van der Waals surface area (Å²) in [5.74, 6) is 0.279. The highest BCUT2D eigenvalue weighted by atomic mass is 16.5. The van der Waals surface area contributed by atoms with Gasteiger partial charge in [0.15, 0.2) is 0 Å². The number of aromatic nitrogens is 1. The molecule has 0 unspecified atom stereocenters. The molecular weight excluding hydrogens is 354 g/mol. The third-order valence-corrected chi connectivity index (χ3v) is 4.32. The number of nitrogens with zero attached hydrogens (tertiary/aromatic N) is 2. The number of amides is 2. The molecule has 0 fully saturated rings. The fraction of sp³-hybridized carbons (Fsp3) is 0.409. The van der Waals surface area contributed by atoms with E-state index < -0.39 is 6.04 Å². The number of carbonyl (C=O) groups excluding carboxylic acids is 2. The van der Waals surface area contributed by atoms with Gasteiger partial charge in [-0.15, -0.1) is 0 Å². The van der Waals surface area contributed by atoms with E-state index >= 15 is 0 Å². The minimum atomic E-state index is -0.559. The molecule has 6 nitrogen and oxygen atoms in total. The van der Waals surface area contributed by atoms with Crippen LogP contribution in [0.2, 0.25) is 0 Å². The van der Waals surface area contributed by atoms with Crippen LogP contribution in [0.4, 0.5) is 0 Å². The highest BCUT2D eigenvalue weighted by Gasteiger charge is 2.24. The molecule has 1 N–H and O–H groups in total. The Bertz CT molecular complexity index is 773. The fourth-order valence-corrected chi connectivity index (χ4v) is 2.80. The van der Waals surface area contributed by atoms with Crippen molar-refractivity contribution in [1.82, 2.24) is 15.2 Å². The molecule has 0 spiro atoms. The molecule has 2 amide bonds. The third kappa shape index (κ3) is 6.08. The quantitative estimate of drug-likeness (QED) is 0.758. The highest BCUT2D eigenvalue weighted by molar-refractivity contribution is 5.97. The van der Waals surface area contributed by atoms with Gasteiger partial charge in [0.1, 0.15) is 12.1 Å². The fourth-order valence-electron chi connectivity index (χ4n) is 2.80. The van der Waals surface area contributed by atoms with E-state index in [2.05, 4.69) is 10.3 Å². The van der Waals surface area contributed by atoms with Gasteiger partial charge in [-0.05, 0) is 30.9 Å². The summed E-state index contributed by atoms with van der Waals surface area (Å²) in [7, 11) is 3.37. The van der Waals surface area contributed by atoms with E-state index in [4.69, 9.17) is 4.74 Å². The van der Waals surface area contributed by atoms with Gasteiger partial charge in [0.05, 0.1) is 5.56 Å². The molecule has 0 bridgehead atoms. The van der Waals surface area contributed by atoms with Crippen molar-refractivity contribution < 1.29 is 14.3 Å². The molecule has 0 aliphatic carbocycles. The van der Waals surface area contributed by atoms with E-state index in [1.165, 1.54) is 11.1 Å². The van der Waals surface area contributed by atoms with Gasteiger partial charge in [-0.3, -0.25) is 9.59 Å². The molecule has 1 aromatic carbocycles. The lowest BCUT2D eigenvalue weighted by Gasteiger charge is -2.23. The lowest BCUT2D eigenvalue weighted by molar-refractivity contribution is -0.131. The predicted molar refractivity (Wildman–Crippen MR) is 109 cm³/mol. The van der Waals surface area contributed by atoms with Gasteiger partial charge >= 0.3 is 0 Å². The summed E-state index contributed by atoms with van der Waals surface area (Å²) in [5.41, 5.74) is 1.44. The Balaban J connectivity index is 2.03. The first-order valence-corrected chi connectivity index (χ1v) is 9.47. The Morgan fingerprint density at radius 3 is 2.29 bits per heavy atom. The molecule has 2 rings (SSSR count). The summed E-state index contributed by atoms with van der Waals surface area (Å²) in [6.07, 6.45) is 1.89. The highest BCUT2D eigenvalue weighted by Crippen LogP contribution is 2.20. The molecule has 0 saturated heterocycles. The minimum absolute atomic E-state index is 0.119. The average molecular weight is 383 g/mol. The number of benzene rings is 1. The van der Waals surface area contributed by atoms with E-state index in [0.717, 1.165) is 5.56 Å². The summed E-state index contributed by atoms with van der Waals surface area (Å²) in [6, 6.07) is 12.6. The topological polar surface area (TPSA) is 71.5 Å². The van der Waals surface area contributed by atoms with E-state index in [-0.39, 0.29) is 23.8 Å². The van der Waals surface area contributed by atoms with E-state index in [0.29, 0.717) is 17.9 Å². The van der Waals surface area contributed by atoms with Crippen LogP contribution in [0.5, 0.6) is 5.88 Å². The van der Waals surface area contributed by atoms with Crippen LogP contribution in [0.1, 0.15) is 49.2 Å². The maximum absolute atomic E-state index is 12.6. The number of hydrogen-bond acceptors (Lipinski definition) is 4. The number of hydrogen-bond donors (Lipinski definition) is 1.